The van der Waals surface area contributed by atoms with Gasteiger partial charge in [-0.25, -0.2) is 9.97 Å². The fourth-order valence-corrected chi connectivity index (χ4v) is 7.94. The van der Waals surface area contributed by atoms with Gasteiger partial charge in [0.15, 0.2) is 0 Å². The average molecular weight is 445 g/mol. The summed E-state index contributed by atoms with van der Waals surface area (Å²) in [6.07, 6.45) is 11.2. The maximum atomic E-state index is 13.2. The van der Waals surface area contributed by atoms with E-state index in [4.69, 9.17) is 0 Å². The molecular weight excluding hydrogens is 408 g/mol. The average Bonchev–Trinajstić information content (AvgIpc) is 2.74. The van der Waals surface area contributed by atoms with E-state index in [1.54, 1.807) is 6.33 Å². The molecule has 33 heavy (non-hydrogen) atoms. The molecule has 0 spiro atoms. The maximum absolute atomic E-state index is 13.2. The van der Waals surface area contributed by atoms with Crippen LogP contribution >= 0.6 is 0 Å². The van der Waals surface area contributed by atoms with Gasteiger partial charge in [-0.15, -0.1) is 0 Å². The first-order chi connectivity index (χ1) is 15.9. The SMILES string of the molecule is Cc1ccc(CN2CCc3c(ncnc3NC(=O)CC34CC5CC(CC(C5)C3)C4)C2)c(C)c1. The summed E-state index contributed by atoms with van der Waals surface area (Å²) in [6, 6.07) is 6.70. The van der Waals surface area contributed by atoms with Crippen LogP contribution in [0.1, 0.15) is 72.9 Å². The number of fused-ring (bicyclic) bond motifs is 1. The van der Waals surface area contributed by atoms with Gasteiger partial charge >= 0.3 is 0 Å². The van der Waals surface area contributed by atoms with Crippen molar-refractivity contribution in [1.29, 1.82) is 0 Å². The number of hydrogen-bond acceptors (Lipinski definition) is 4. The number of hydrogen-bond donors (Lipinski definition) is 1. The predicted molar refractivity (Wildman–Crippen MR) is 130 cm³/mol. The van der Waals surface area contributed by atoms with Crippen molar-refractivity contribution in [2.75, 3.05) is 11.9 Å². The molecule has 1 amide bonds. The van der Waals surface area contributed by atoms with Gasteiger partial charge in [0.2, 0.25) is 5.91 Å². The highest BCUT2D eigenvalue weighted by atomic mass is 16.1. The molecule has 4 aliphatic carbocycles. The third kappa shape index (κ3) is 4.21. The van der Waals surface area contributed by atoms with Crippen LogP contribution in [0.25, 0.3) is 0 Å². The highest BCUT2D eigenvalue weighted by molar-refractivity contribution is 5.91. The highest BCUT2D eigenvalue weighted by Gasteiger charge is 2.51. The van der Waals surface area contributed by atoms with Crippen molar-refractivity contribution in [2.45, 2.75) is 78.3 Å². The Morgan fingerprint density at radius 3 is 2.52 bits per heavy atom. The van der Waals surface area contributed by atoms with Crippen LogP contribution in [0.5, 0.6) is 0 Å². The number of carbonyl (C=O) groups excluding carboxylic acids is 1. The number of rotatable bonds is 5. The summed E-state index contributed by atoms with van der Waals surface area (Å²) < 4.78 is 0. The minimum absolute atomic E-state index is 0.163. The lowest BCUT2D eigenvalue weighted by atomic mass is 9.49. The Morgan fingerprint density at radius 1 is 1.09 bits per heavy atom. The molecule has 2 aromatic rings. The van der Waals surface area contributed by atoms with Crippen molar-refractivity contribution < 1.29 is 4.79 Å². The lowest BCUT2D eigenvalue weighted by molar-refractivity contribution is -0.124. The molecule has 4 bridgehead atoms. The van der Waals surface area contributed by atoms with Gasteiger partial charge in [0, 0.05) is 31.6 Å². The molecule has 1 aliphatic heterocycles. The zero-order valence-corrected chi connectivity index (χ0v) is 20.1. The van der Waals surface area contributed by atoms with E-state index in [2.05, 4.69) is 52.2 Å². The van der Waals surface area contributed by atoms with Gasteiger partial charge in [-0.2, -0.15) is 0 Å². The van der Waals surface area contributed by atoms with E-state index in [1.165, 1.54) is 55.2 Å². The first-order valence-corrected chi connectivity index (χ1v) is 12.9. The zero-order valence-electron chi connectivity index (χ0n) is 20.1. The van der Waals surface area contributed by atoms with Crippen LogP contribution in [0.15, 0.2) is 24.5 Å². The van der Waals surface area contributed by atoms with E-state index in [-0.39, 0.29) is 11.3 Å². The molecule has 1 N–H and O–H groups in total. The molecule has 4 saturated carbocycles. The van der Waals surface area contributed by atoms with Crippen LogP contribution in [0.2, 0.25) is 0 Å². The number of nitrogens with zero attached hydrogens (tertiary/aromatic N) is 3. The summed E-state index contributed by atoms with van der Waals surface area (Å²) in [5.74, 6) is 3.54. The normalized spacial score (nSPS) is 30.3. The summed E-state index contributed by atoms with van der Waals surface area (Å²) in [4.78, 5) is 24.7. The summed E-state index contributed by atoms with van der Waals surface area (Å²) in [7, 11) is 0. The smallest absolute Gasteiger partial charge is 0.226 e. The lowest BCUT2D eigenvalue weighted by Gasteiger charge is -2.56. The van der Waals surface area contributed by atoms with E-state index in [0.29, 0.717) is 6.42 Å². The molecule has 0 atom stereocenters. The molecule has 0 saturated heterocycles. The topological polar surface area (TPSA) is 58.1 Å². The predicted octanol–water partition coefficient (Wildman–Crippen LogP) is 5.20. The van der Waals surface area contributed by atoms with Crippen molar-refractivity contribution in [2.24, 2.45) is 23.2 Å². The van der Waals surface area contributed by atoms with Crippen molar-refractivity contribution >= 4 is 11.7 Å². The summed E-state index contributed by atoms with van der Waals surface area (Å²) in [5, 5.41) is 3.22. The summed E-state index contributed by atoms with van der Waals surface area (Å²) in [5.41, 5.74) is 6.49. The van der Waals surface area contributed by atoms with Crippen molar-refractivity contribution in [1.82, 2.24) is 14.9 Å². The largest absolute Gasteiger partial charge is 0.310 e. The number of amides is 1. The van der Waals surface area contributed by atoms with Gasteiger partial charge in [-0.3, -0.25) is 9.69 Å². The van der Waals surface area contributed by atoms with Gasteiger partial charge in [0.25, 0.3) is 0 Å². The van der Waals surface area contributed by atoms with Crippen LogP contribution < -0.4 is 5.32 Å². The second kappa shape index (κ2) is 8.19. The number of benzene rings is 1. The Labute approximate surface area is 197 Å². The molecule has 5 aliphatic rings. The summed E-state index contributed by atoms with van der Waals surface area (Å²) in [6.45, 7) is 7.04. The summed E-state index contributed by atoms with van der Waals surface area (Å²) >= 11 is 0. The second-order valence-electron chi connectivity index (χ2n) is 11.7. The lowest BCUT2D eigenvalue weighted by Crippen LogP contribution is -2.47. The fourth-order valence-electron chi connectivity index (χ4n) is 7.94. The molecule has 4 fully saturated rings. The van der Waals surface area contributed by atoms with E-state index in [9.17, 15) is 4.79 Å². The van der Waals surface area contributed by atoms with Gasteiger partial charge in [0.05, 0.1) is 5.69 Å². The molecule has 2 heterocycles. The van der Waals surface area contributed by atoms with Crippen molar-refractivity contribution in [3.8, 4) is 0 Å². The van der Waals surface area contributed by atoms with E-state index < -0.39 is 0 Å². The first kappa shape index (κ1) is 21.3. The highest BCUT2D eigenvalue weighted by Crippen LogP contribution is 2.61. The Kier molecular flexibility index (Phi) is 5.28. The molecule has 7 rings (SSSR count). The maximum Gasteiger partial charge on any atom is 0.226 e. The molecule has 1 aromatic carbocycles. The molecule has 0 radical (unpaired) electrons. The molecular formula is C28H36N4O. The number of carbonyl (C=O) groups is 1. The van der Waals surface area contributed by atoms with Crippen LogP contribution in [-0.4, -0.2) is 27.3 Å². The number of nitrogens with one attached hydrogen (secondary N) is 1. The molecule has 5 nitrogen and oxygen atoms in total. The molecule has 1 aromatic heterocycles. The van der Waals surface area contributed by atoms with Crippen LogP contribution in [0.4, 0.5) is 5.82 Å². The van der Waals surface area contributed by atoms with Crippen LogP contribution in [0.3, 0.4) is 0 Å². The van der Waals surface area contributed by atoms with Gasteiger partial charge in [0.1, 0.15) is 12.1 Å². The first-order valence-electron chi connectivity index (χ1n) is 12.9. The minimum atomic E-state index is 0.163. The van der Waals surface area contributed by atoms with Crippen molar-refractivity contribution in [3.63, 3.8) is 0 Å². The van der Waals surface area contributed by atoms with E-state index in [0.717, 1.165) is 60.9 Å². The van der Waals surface area contributed by atoms with E-state index in [1.807, 2.05) is 0 Å². The van der Waals surface area contributed by atoms with E-state index >= 15 is 0 Å². The number of aromatic nitrogens is 2. The Morgan fingerprint density at radius 2 is 1.82 bits per heavy atom. The standard InChI is InChI=1S/C28H36N4O/c1-18-3-4-23(19(2)7-18)15-32-6-5-24-25(16-32)29-17-30-27(24)31-26(33)14-28-11-20-8-21(12-28)10-22(9-20)13-28/h3-4,7,17,20-22H,5-6,8-16H2,1-2H3,(H,29,30,31,33). The Balaban J connectivity index is 1.12. The third-order valence-corrected chi connectivity index (χ3v) is 8.94. The van der Waals surface area contributed by atoms with Crippen LogP contribution in [0, 0.1) is 37.0 Å². The van der Waals surface area contributed by atoms with Crippen LogP contribution in [-0.2, 0) is 24.3 Å². The molecule has 0 unspecified atom stereocenters. The molecule has 5 heteroatoms. The quantitative estimate of drug-likeness (QED) is 0.689. The number of aryl methyl sites for hydroxylation is 2. The minimum Gasteiger partial charge on any atom is -0.310 e. The second-order valence-corrected chi connectivity index (χ2v) is 11.7. The fraction of sp³-hybridized carbons (Fsp3) is 0.607. The zero-order chi connectivity index (χ0) is 22.6. The van der Waals surface area contributed by atoms with Gasteiger partial charge in [-0.05, 0) is 93.1 Å². The van der Waals surface area contributed by atoms with Gasteiger partial charge in [-0.1, -0.05) is 23.8 Å². The number of anilines is 1. The monoisotopic (exact) mass is 444 g/mol. The molecule has 174 valence electrons. The van der Waals surface area contributed by atoms with Gasteiger partial charge < -0.3 is 5.32 Å². The van der Waals surface area contributed by atoms with Crippen molar-refractivity contribution in [3.05, 3.63) is 52.5 Å². The Bertz CT molecular complexity index is 1040. The third-order valence-electron chi connectivity index (χ3n) is 8.94. The Hall–Kier alpha value is -2.27.